The zero-order valence-electron chi connectivity index (χ0n) is 7.15. The molecule has 0 heterocycles. The molecule has 0 spiro atoms. The second-order valence-corrected chi connectivity index (χ2v) is 2.25. The fraction of sp³-hybridized carbons (Fsp3) is 0.429. The van der Waals surface area contributed by atoms with Gasteiger partial charge < -0.3 is 10.6 Å². The molecule has 2 N–H and O–H groups in total. The molecule has 0 aliphatic heterocycles. The van der Waals surface area contributed by atoms with Crippen molar-refractivity contribution in [2.45, 2.75) is 6.18 Å². The maximum Gasteiger partial charge on any atom is 0.471 e. The first-order valence-corrected chi connectivity index (χ1v) is 3.63. The normalized spacial score (nSPS) is 10.5. The van der Waals surface area contributed by atoms with Crippen molar-refractivity contribution >= 4 is 11.8 Å². The maximum atomic E-state index is 11.6. The van der Waals surface area contributed by atoms with Gasteiger partial charge in [-0.1, -0.05) is 6.58 Å². The molecule has 0 aromatic rings. The summed E-state index contributed by atoms with van der Waals surface area (Å²) in [5.41, 5.74) is 0. The lowest BCUT2D eigenvalue weighted by Gasteiger charge is -2.07. The van der Waals surface area contributed by atoms with Crippen LogP contribution in [0.15, 0.2) is 12.7 Å². The molecular weight excluding hydrogens is 201 g/mol. The van der Waals surface area contributed by atoms with Crippen LogP contribution in [-0.4, -0.2) is 31.1 Å². The third-order valence-electron chi connectivity index (χ3n) is 1.15. The molecule has 2 amide bonds. The Morgan fingerprint density at radius 3 is 2.14 bits per heavy atom. The SMILES string of the molecule is C=CC(=O)NCCNC(=O)C(F)(F)F. The molecule has 0 atom stereocenters. The van der Waals surface area contributed by atoms with E-state index in [4.69, 9.17) is 0 Å². The minimum atomic E-state index is -4.89. The van der Waals surface area contributed by atoms with Gasteiger partial charge in [0.05, 0.1) is 0 Å². The Labute approximate surface area is 78.2 Å². The van der Waals surface area contributed by atoms with Crippen LogP contribution in [0.1, 0.15) is 0 Å². The third kappa shape index (κ3) is 5.18. The van der Waals surface area contributed by atoms with Gasteiger partial charge in [-0.15, -0.1) is 0 Å². The number of rotatable bonds is 4. The monoisotopic (exact) mass is 210 g/mol. The third-order valence-corrected chi connectivity index (χ3v) is 1.15. The number of halogens is 3. The number of hydrogen-bond donors (Lipinski definition) is 2. The first-order chi connectivity index (χ1) is 6.38. The van der Waals surface area contributed by atoms with E-state index in [9.17, 15) is 22.8 Å². The van der Waals surface area contributed by atoms with E-state index in [1.54, 1.807) is 5.32 Å². The fourth-order valence-corrected chi connectivity index (χ4v) is 0.534. The number of hydrogen-bond acceptors (Lipinski definition) is 2. The number of alkyl halides is 3. The summed E-state index contributed by atoms with van der Waals surface area (Å²) in [5.74, 6) is -2.53. The van der Waals surface area contributed by atoms with Gasteiger partial charge in [0.1, 0.15) is 0 Å². The van der Waals surface area contributed by atoms with Crippen LogP contribution in [0.3, 0.4) is 0 Å². The highest BCUT2D eigenvalue weighted by molar-refractivity contribution is 5.86. The Kier molecular flexibility index (Phi) is 4.68. The van der Waals surface area contributed by atoms with Crippen molar-refractivity contribution < 1.29 is 22.8 Å². The van der Waals surface area contributed by atoms with Gasteiger partial charge in [-0.05, 0) is 6.08 Å². The van der Waals surface area contributed by atoms with E-state index in [2.05, 4.69) is 11.9 Å². The van der Waals surface area contributed by atoms with E-state index >= 15 is 0 Å². The molecule has 0 aromatic carbocycles. The number of nitrogens with one attached hydrogen (secondary N) is 2. The molecule has 0 aliphatic rings. The van der Waals surface area contributed by atoms with E-state index in [1.165, 1.54) is 0 Å². The molecule has 0 saturated carbocycles. The number of carbonyl (C=O) groups is 2. The lowest BCUT2D eigenvalue weighted by atomic mass is 10.5. The van der Waals surface area contributed by atoms with Crippen LogP contribution in [0.2, 0.25) is 0 Å². The molecule has 0 saturated heterocycles. The zero-order valence-corrected chi connectivity index (χ0v) is 7.15. The van der Waals surface area contributed by atoms with E-state index in [-0.39, 0.29) is 13.1 Å². The smallest absolute Gasteiger partial charge is 0.351 e. The predicted octanol–water partition coefficient (Wildman–Crippen LogP) is -0.0329. The van der Waals surface area contributed by atoms with Crippen molar-refractivity contribution in [1.82, 2.24) is 10.6 Å². The van der Waals surface area contributed by atoms with E-state index in [0.717, 1.165) is 6.08 Å². The van der Waals surface area contributed by atoms with Crippen molar-refractivity contribution in [2.75, 3.05) is 13.1 Å². The van der Waals surface area contributed by atoms with Crippen LogP contribution in [0, 0.1) is 0 Å². The van der Waals surface area contributed by atoms with E-state index < -0.39 is 18.0 Å². The maximum absolute atomic E-state index is 11.6. The van der Waals surface area contributed by atoms with Crippen LogP contribution in [0.25, 0.3) is 0 Å². The van der Waals surface area contributed by atoms with E-state index in [0.29, 0.717) is 0 Å². The van der Waals surface area contributed by atoms with Gasteiger partial charge in [-0.2, -0.15) is 13.2 Å². The zero-order chi connectivity index (χ0) is 11.2. The highest BCUT2D eigenvalue weighted by atomic mass is 19.4. The van der Waals surface area contributed by atoms with Gasteiger partial charge in [0.2, 0.25) is 5.91 Å². The van der Waals surface area contributed by atoms with E-state index in [1.807, 2.05) is 0 Å². The van der Waals surface area contributed by atoms with Crippen LogP contribution in [-0.2, 0) is 9.59 Å². The molecule has 0 bridgehead atoms. The molecule has 4 nitrogen and oxygen atoms in total. The number of amides is 2. The molecule has 0 fully saturated rings. The van der Waals surface area contributed by atoms with Crippen LogP contribution >= 0.6 is 0 Å². The Bertz CT molecular complexity index is 238. The Balaban J connectivity index is 3.61. The molecule has 0 aromatic heterocycles. The van der Waals surface area contributed by atoms with Gasteiger partial charge in [0.25, 0.3) is 0 Å². The number of carbonyl (C=O) groups excluding carboxylic acids is 2. The summed E-state index contributed by atoms with van der Waals surface area (Å²) in [4.78, 5) is 20.7. The van der Waals surface area contributed by atoms with Crippen molar-refractivity contribution in [3.8, 4) is 0 Å². The first-order valence-electron chi connectivity index (χ1n) is 3.63. The second kappa shape index (κ2) is 5.25. The Hall–Kier alpha value is -1.53. The van der Waals surface area contributed by atoms with Crippen LogP contribution in [0.5, 0.6) is 0 Å². The van der Waals surface area contributed by atoms with Gasteiger partial charge in [-0.25, -0.2) is 0 Å². The Morgan fingerprint density at radius 2 is 1.71 bits per heavy atom. The average molecular weight is 210 g/mol. The van der Waals surface area contributed by atoms with Crippen molar-refractivity contribution in [2.24, 2.45) is 0 Å². The summed E-state index contributed by atoms with van der Waals surface area (Å²) in [7, 11) is 0. The first kappa shape index (κ1) is 12.5. The minimum Gasteiger partial charge on any atom is -0.351 e. The summed E-state index contributed by atoms with van der Waals surface area (Å²) in [6.45, 7) is 2.78. The summed E-state index contributed by atoms with van der Waals surface area (Å²) in [5, 5.41) is 3.79. The summed E-state index contributed by atoms with van der Waals surface area (Å²) >= 11 is 0. The van der Waals surface area contributed by atoms with Crippen LogP contribution in [0.4, 0.5) is 13.2 Å². The largest absolute Gasteiger partial charge is 0.471 e. The molecule has 7 heteroatoms. The lowest BCUT2D eigenvalue weighted by Crippen LogP contribution is -2.40. The highest BCUT2D eigenvalue weighted by Gasteiger charge is 2.38. The second-order valence-electron chi connectivity index (χ2n) is 2.25. The highest BCUT2D eigenvalue weighted by Crippen LogP contribution is 2.13. The lowest BCUT2D eigenvalue weighted by molar-refractivity contribution is -0.173. The van der Waals surface area contributed by atoms with Crippen molar-refractivity contribution in [3.63, 3.8) is 0 Å². The van der Waals surface area contributed by atoms with Gasteiger partial charge in [-0.3, -0.25) is 9.59 Å². The standard InChI is InChI=1S/C7H9F3N2O2/c1-2-5(13)11-3-4-12-6(14)7(8,9)10/h2H,1,3-4H2,(H,11,13)(H,12,14). The predicted molar refractivity (Wildman–Crippen MR) is 42.3 cm³/mol. The average Bonchev–Trinajstić information content (AvgIpc) is 2.09. The summed E-state index contributed by atoms with van der Waals surface area (Å²) in [6.07, 6.45) is -3.91. The molecule has 0 aliphatic carbocycles. The molecule has 0 unspecified atom stereocenters. The van der Waals surface area contributed by atoms with Crippen molar-refractivity contribution in [1.29, 1.82) is 0 Å². The van der Waals surface area contributed by atoms with Gasteiger partial charge in [0.15, 0.2) is 0 Å². The molecule has 80 valence electrons. The van der Waals surface area contributed by atoms with Crippen molar-refractivity contribution in [3.05, 3.63) is 12.7 Å². The molecule has 0 rings (SSSR count). The topological polar surface area (TPSA) is 58.2 Å². The van der Waals surface area contributed by atoms with Crippen LogP contribution < -0.4 is 10.6 Å². The molecular formula is C7H9F3N2O2. The quantitative estimate of drug-likeness (QED) is 0.505. The summed E-state index contributed by atoms with van der Waals surface area (Å²) in [6, 6.07) is 0. The van der Waals surface area contributed by atoms with Gasteiger partial charge >= 0.3 is 12.1 Å². The Morgan fingerprint density at radius 1 is 1.21 bits per heavy atom. The molecule has 0 radical (unpaired) electrons. The molecule has 14 heavy (non-hydrogen) atoms. The fourth-order valence-electron chi connectivity index (χ4n) is 0.534. The van der Waals surface area contributed by atoms with Gasteiger partial charge in [0, 0.05) is 13.1 Å². The minimum absolute atomic E-state index is 0.0767. The summed E-state index contributed by atoms with van der Waals surface area (Å²) < 4.78 is 34.8.